The summed E-state index contributed by atoms with van der Waals surface area (Å²) in [7, 11) is 0. The molecule has 0 radical (unpaired) electrons. The fraction of sp³-hybridized carbons (Fsp3) is 0.0714. The molecular weight excluding hydrogens is 250 g/mol. The topological polar surface area (TPSA) is 55.1 Å². The third kappa shape index (κ3) is 2.88. The molecule has 0 aliphatic rings. The van der Waals surface area contributed by atoms with Crippen LogP contribution in [0.1, 0.15) is 15.9 Å². The quantitative estimate of drug-likeness (QED) is 0.817. The molecule has 0 aromatic heterocycles. The molecule has 98 valence electrons. The summed E-state index contributed by atoms with van der Waals surface area (Å²) in [5.74, 6) is -1.92. The van der Waals surface area contributed by atoms with Gasteiger partial charge in [0.05, 0.1) is 11.3 Å². The molecule has 0 bridgehead atoms. The van der Waals surface area contributed by atoms with Gasteiger partial charge in [0.25, 0.3) is 5.91 Å². The summed E-state index contributed by atoms with van der Waals surface area (Å²) in [5, 5.41) is 2.29. The average molecular weight is 262 g/mol. The number of nitrogen functional groups attached to an aromatic ring is 1. The molecule has 1 amide bonds. The van der Waals surface area contributed by atoms with E-state index in [2.05, 4.69) is 5.32 Å². The second-order valence-electron chi connectivity index (χ2n) is 4.17. The first kappa shape index (κ1) is 13.0. The zero-order valence-corrected chi connectivity index (χ0v) is 10.2. The Morgan fingerprint density at radius 2 is 1.89 bits per heavy atom. The van der Waals surface area contributed by atoms with E-state index >= 15 is 0 Å². The molecule has 5 heteroatoms. The van der Waals surface area contributed by atoms with E-state index in [1.807, 2.05) is 6.92 Å². The molecule has 0 saturated heterocycles. The van der Waals surface area contributed by atoms with Gasteiger partial charge in [-0.2, -0.15) is 0 Å². The number of nitrogens with two attached hydrogens (primary N) is 1. The number of benzene rings is 2. The van der Waals surface area contributed by atoms with Crippen molar-refractivity contribution < 1.29 is 13.6 Å². The Kier molecular flexibility index (Phi) is 3.46. The predicted molar refractivity (Wildman–Crippen MR) is 69.9 cm³/mol. The molecule has 0 aliphatic heterocycles. The summed E-state index contributed by atoms with van der Waals surface area (Å²) in [4.78, 5) is 11.9. The maximum absolute atomic E-state index is 13.4. The first-order valence-electron chi connectivity index (χ1n) is 5.60. The second kappa shape index (κ2) is 5.06. The highest BCUT2D eigenvalue weighted by Crippen LogP contribution is 2.19. The molecule has 0 spiro atoms. The fourth-order valence-electron chi connectivity index (χ4n) is 1.67. The van der Waals surface area contributed by atoms with Crippen LogP contribution in [0.4, 0.5) is 20.2 Å². The minimum Gasteiger partial charge on any atom is -0.398 e. The molecular formula is C14H12F2N2O. The normalized spacial score (nSPS) is 10.3. The number of halogens is 2. The van der Waals surface area contributed by atoms with Crippen LogP contribution in [-0.4, -0.2) is 5.91 Å². The van der Waals surface area contributed by atoms with Gasteiger partial charge in [0.15, 0.2) is 0 Å². The Labute approximate surface area is 109 Å². The van der Waals surface area contributed by atoms with E-state index in [0.29, 0.717) is 0 Å². The smallest absolute Gasteiger partial charge is 0.257 e. The first-order chi connectivity index (χ1) is 8.97. The van der Waals surface area contributed by atoms with E-state index < -0.39 is 17.5 Å². The van der Waals surface area contributed by atoms with Crippen molar-refractivity contribution in [2.24, 2.45) is 0 Å². The summed E-state index contributed by atoms with van der Waals surface area (Å²) in [6.07, 6.45) is 0. The summed E-state index contributed by atoms with van der Waals surface area (Å²) in [6.45, 7) is 1.84. The second-order valence-corrected chi connectivity index (χ2v) is 4.17. The van der Waals surface area contributed by atoms with Crippen LogP contribution in [0.15, 0.2) is 36.4 Å². The van der Waals surface area contributed by atoms with Gasteiger partial charge < -0.3 is 11.1 Å². The summed E-state index contributed by atoms with van der Waals surface area (Å²) in [6, 6.07) is 7.73. The largest absolute Gasteiger partial charge is 0.398 e. The van der Waals surface area contributed by atoms with Crippen molar-refractivity contribution in [2.75, 3.05) is 11.1 Å². The van der Waals surface area contributed by atoms with Crippen molar-refractivity contribution in [3.8, 4) is 0 Å². The standard InChI is InChI=1S/C14H12F2N2O/c1-8-2-4-10(12(17)6-8)14(19)18-13-7-9(15)3-5-11(13)16/h2-7H,17H2,1H3,(H,18,19). The number of amides is 1. The summed E-state index contributed by atoms with van der Waals surface area (Å²) in [5.41, 5.74) is 6.91. The molecule has 0 unspecified atom stereocenters. The van der Waals surface area contributed by atoms with Crippen LogP contribution < -0.4 is 11.1 Å². The van der Waals surface area contributed by atoms with Gasteiger partial charge in [0, 0.05) is 11.8 Å². The lowest BCUT2D eigenvalue weighted by atomic mass is 10.1. The molecule has 2 aromatic rings. The van der Waals surface area contributed by atoms with Crippen molar-refractivity contribution >= 4 is 17.3 Å². The predicted octanol–water partition coefficient (Wildman–Crippen LogP) is 3.11. The SMILES string of the molecule is Cc1ccc(C(=O)Nc2cc(F)ccc2F)c(N)c1. The van der Waals surface area contributed by atoms with Crippen molar-refractivity contribution in [1.82, 2.24) is 0 Å². The van der Waals surface area contributed by atoms with Crippen LogP contribution in [0.2, 0.25) is 0 Å². The minimum atomic E-state index is -0.708. The number of rotatable bonds is 2. The van der Waals surface area contributed by atoms with Crippen LogP contribution in [0, 0.1) is 18.6 Å². The zero-order valence-electron chi connectivity index (χ0n) is 10.2. The number of anilines is 2. The van der Waals surface area contributed by atoms with Gasteiger partial charge in [0.2, 0.25) is 0 Å². The average Bonchev–Trinajstić information content (AvgIpc) is 2.33. The molecule has 2 rings (SSSR count). The Morgan fingerprint density at radius 1 is 1.16 bits per heavy atom. The van der Waals surface area contributed by atoms with Crippen LogP contribution in [0.5, 0.6) is 0 Å². The first-order valence-corrected chi connectivity index (χ1v) is 5.60. The number of hydrogen-bond acceptors (Lipinski definition) is 2. The van der Waals surface area contributed by atoms with Crippen LogP contribution in [0.3, 0.4) is 0 Å². The van der Waals surface area contributed by atoms with Crippen molar-refractivity contribution in [1.29, 1.82) is 0 Å². The molecule has 19 heavy (non-hydrogen) atoms. The van der Waals surface area contributed by atoms with Gasteiger partial charge in [-0.1, -0.05) is 6.07 Å². The lowest BCUT2D eigenvalue weighted by Gasteiger charge is -2.09. The van der Waals surface area contributed by atoms with Crippen LogP contribution >= 0.6 is 0 Å². The number of aryl methyl sites for hydroxylation is 1. The lowest BCUT2D eigenvalue weighted by Crippen LogP contribution is -2.15. The highest BCUT2D eigenvalue weighted by molar-refractivity contribution is 6.07. The van der Waals surface area contributed by atoms with Gasteiger partial charge in [-0.15, -0.1) is 0 Å². The van der Waals surface area contributed by atoms with Gasteiger partial charge in [0.1, 0.15) is 11.6 Å². The van der Waals surface area contributed by atoms with Crippen molar-refractivity contribution in [2.45, 2.75) is 6.92 Å². The molecule has 2 aromatic carbocycles. The molecule has 0 fully saturated rings. The van der Waals surface area contributed by atoms with E-state index in [4.69, 9.17) is 5.73 Å². The van der Waals surface area contributed by atoms with Gasteiger partial charge in [-0.25, -0.2) is 8.78 Å². The van der Waals surface area contributed by atoms with E-state index in [0.717, 1.165) is 23.8 Å². The third-order valence-corrected chi connectivity index (χ3v) is 2.63. The Hall–Kier alpha value is -2.43. The van der Waals surface area contributed by atoms with Gasteiger partial charge in [-0.3, -0.25) is 4.79 Å². The number of hydrogen-bond donors (Lipinski definition) is 2. The highest BCUT2D eigenvalue weighted by Gasteiger charge is 2.12. The van der Waals surface area contributed by atoms with E-state index in [9.17, 15) is 13.6 Å². The third-order valence-electron chi connectivity index (χ3n) is 2.63. The van der Waals surface area contributed by atoms with E-state index in [-0.39, 0.29) is 16.9 Å². The molecule has 0 aliphatic carbocycles. The van der Waals surface area contributed by atoms with Gasteiger partial charge in [-0.05, 0) is 36.8 Å². The number of nitrogens with one attached hydrogen (secondary N) is 1. The minimum absolute atomic E-state index is 0.217. The number of carbonyl (C=O) groups is 1. The van der Waals surface area contributed by atoms with Crippen LogP contribution in [0.25, 0.3) is 0 Å². The lowest BCUT2D eigenvalue weighted by molar-refractivity contribution is 0.102. The van der Waals surface area contributed by atoms with Gasteiger partial charge >= 0.3 is 0 Å². The molecule has 3 nitrogen and oxygen atoms in total. The van der Waals surface area contributed by atoms with E-state index in [1.165, 1.54) is 6.07 Å². The monoisotopic (exact) mass is 262 g/mol. The molecule has 0 heterocycles. The van der Waals surface area contributed by atoms with E-state index in [1.54, 1.807) is 12.1 Å². The van der Waals surface area contributed by atoms with Crippen LogP contribution in [-0.2, 0) is 0 Å². The number of carbonyl (C=O) groups excluding carboxylic acids is 1. The van der Waals surface area contributed by atoms with Crippen molar-refractivity contribution in [3.63, 3.8) is 0 Å². The molecule has 0 atom stereocenters. The molecule has 0 saturated carbocycles. The molecule has 3 N–H and O–H groups in total. The Balaban J connectivity index is 2.28. The fourth-order valence-corrected chi connectivity index (χ4v) is 1.67. The van der Waals surface area contributed by atoms with Crippen molar-refractivity contribution in [3.05, 3.63) is 59.2 Å². The Morgan fingerprint density at radius 3 is 2.58 bits per heavy atom. The summed E-state index contributed by atoms with van der Waals surface area (Å²) >= 11 is 0. The highest BCUT2D eigenvalue weighted by atomic mass is 19.1. The maximum atomic E-state index is 13.4. The maximum Gasteiger partial charge on any atom is 0.257 e. The summed E-state index contributed by atoms with van der Waals surface area (Å²) < 4.78 is 26.4. The Bertz CT molecular complexity index is 641. The zero-order chi connectivity index (χ0) is 14.0.